The van der Waals surface area contributed by atoms with Crippen molar-refractivity contribution < 1.29 is 12.8 Å². The van der Waals surface area contributed by atoms with Gasteiger partial charge < -0.3 is 4.42 Å². The molecule has 4 nitrogen and oxygen atoms in total. The fourth-order valence-corrected chi connectivity index (χ4v) is 4.63. The second-order valence-corrected chi connectivity index (χ2v) is 7.60. The number of hydrogen-bond donors (Lipinski definition) is 0. The molecule has 0 atom stereocenters. The van der Waals surface area contributed by atoms with E-state index in [2.05, 4.69) is 15.9 Å². The summed E-state index contributed by atoms with van der Waals surface area (Å²) in [6.45, 7) is 0. The Balaban J connectivity index is 2.08. The van der Waals surface area contributed by atoms with Crippen molar-refractivity contribution >= 4 is 36.7 Å². The number of halogens is 1. The van der Waals surface area contributed by atoms with Crippen LogP contribution < -0.4 is 5.63 Å². The highest BCUT2D eigenvalue weighted by molar-refractivity contribution is 9.10. The van der Waals surface area contributed by atoms with Crippen molar-refractivity contribution in [3.8, 4) is 0 Å². The van der Waals surface area contributed by atoms with E-state index in [0.29, 0.717) is 15.4 Å². The molecule has 0 unspecified atom stereocenters. The third kappa shape index (κ3) is 2.84. The van der Waals surface area contributed by atoms with Gasteiger partial charge in [0.2, 0.25) is 0 Å². The molecule has 0 aliphatic heterocycles. The molecule has 0 saturated carbocycles. The van der Waals surface area contributed by atoms with Crippen LogP contribution in [-0.2, 0) is 15.6 Å². The van der Waals surface area contributed by atoms with E-state index in [4.69, 9.17) is 4.42 Å². The minimum absolute atomic E-state index is 0.120. The Morgan fingerprint density at radius 1 is 1.00 bits per heavy atom. The molecule has 0 spiro atoms. The highest BCUT2D eigenvalue weighted by atomic mass is 79.9. The first-order valence-electron chi connectivity index (χ1n) is 6.46. The van der Waals surface area contributed by atoms with Crippen LogP contribution in [0.2, 0.25) is 0 Å². The summed E-state index contributed by atoms with van der Waals surface area (Å²) < 4.78 is 30.6. The highest BCUT2D eigenvalue weighted by Gasteiger charge is 2.20. The van der Waals surface area contributed by atoms with Crippen molar-refractivity contribution in [1.29, 1.82) is 0 Å². The monoisotopic (exact) mass is 378 g/mol. The summed E-state index contributed by atoms with van der Waals surface area (Å²) in [5.41, 5.74) is -0.0710. The topological polar surface area (TPSA) is 64.3 Å². The molecule has 0 aliphatic carbocycles. The quantitative estimate of drug-likeness (QED) is 0.653. The van der Waals surface area contributed by atoms with E-state index in [0.717, 1.165) is 0 Å². The summed E-state index contributed by atoms with van der Waals surface area (Å²) in [6.07, 6.45) is 0. The Hall–Kier alpha value is -1.92. The van der Waals surface area contributed by atoms with Gasteiger partial charge in [-0.25, -0.2) is 13.2 Å². The van der Waals surface area contributed by atoms with E-state index in [-0.39, 0.29) is 10.5 Å². The molecule has 1 aromatic heterocycles. The molecule has 0 fully saturated rings. The molecule has 112 valence electrons. The van der Waals surface area contributed by atoms with Gasteiger partial charge in [0.05, 0.1) is 16.2 Å². The van der Waals surface area contributed by atoms with Crippen molar-refractivity contribution in [2.45, 2.75) is 10.6 Å². The summed E-state index contributed by atoms with van der Waals surface area (Å²) in [7, 11) is -3.64. The van der Waals surface area contributed by atoms with Crippen molar-refractivity contribution in [3.63, 3.8) is 0 Å². The first-order chi connectivity index (χ1) is 10.5. The molecule has 0 saturated heterocycles. The highest BCUT2D eigenvalue weighted by Crippen LogP contribution is 2.24. The minimum atomic E-state index is -3.64. The lowest BCUT2D eigenvalue weighted by Gasteiger charge is -2.06. The van der Waals surface area contributed by atoms with Gasteiger partial charge in [0, 0.05) is 9.86 Å². The van der Waals surface area contributed by atoms with Crippen molar-refractivity contribution in [2.75, 3.05) is 0 Å². The second kappa shape index (κ2) is 5.70. The molecular formula is C16H11BrO4S. The van der Waals surface area contributed by atoms with Gasteiger partial charge in [0.15, 0.2) is 9.84 Å². The smallest absolute Gasteiger partial charge is 0.340 e. The maximum Gasteiger partial charge on any atom is 0.340 e. The van der Waals surface area contributed by atoms with Crippen LogP contribution in [0.15, 0.2) is 73.2 Å². The van der Waals surface area contributed by atoms with Gasteiger partial charge in [0.1, 0.15) is 5.58 Å². The molecule has 0 bridgehead atoms. The molecule has 0 aliphatic rings. The lowest BCUT2D eigenvalue weighted by molar-refractivity contribution is 0.550. The van der Waals surface area contributed by atoms with Crippen LogP contribution in [0.3, 0.4) is 0 Å². The first kappa shape index (κ1) is 15.0. The molecule has 6 heteroatoms. The molecule has 0 N–H and O–H groups in total. The van der Waals surface area contributed by atoms with E-state index in [1.54, 1.807) is 48.5 Å². The van der Waals surface area contributed by atoms with E-state index in [1.165, 1.54) is 6.07 Å². The zero-order chi connectivity index (χ0) is 15.7. The van der Waals surface area contributed by atoms with Crippen LogP contribution in [-0.4, -0.2) is 8.42 Å². The predicted octanol–water partition coefficient (Wildman–Crippen LogP) is 3.53. The SMILES string of the molecule is O=c1oc2ccccc2cc1CS(=O)(=O)c1ccccc1Br. The van der Waals surface area contributed by atoms with Crippen LogP contribution in [0.4, 0.5) is 0 Å². The fraction of sp³-hybridized carbons (Fsp3) is 0.0625. The third-order valence-electron chi connectivity index (χ3n) is 3.23. The van der Waals surface area contributed by atoms with Gasteiger partial charge in [-0.2, -0.15) is 0 Å². The molecule has 3 rings (SSSR count). The molecule has 2 aromatic carbocycles. The van der Waals surface area contributed by atoms with E-state index in [9.17, 15) is 13.2 Å². The third-order valence-corrected chi connectivity index (χ3v) is 5.90. The Labute approximate surface area is 135 Å². The average Bonchev–Trinajstić information content (AvgIpc) is 2.48. The molecule has 1 heterocycles. The summed E-state index contributed by atoms with van der Waals surface area (Å²) in [4.78, 5) is 12.1. The standard InChI is InChI=1S/C16H11BrO4S/c17-13-6-2-4-8-15(13)22(19,20)10-12-9-11-5-1-3-7-14(11)21-16(12)18/h1-9H,10H2. The van der Waals surface area contributed by atoms with Gasteiger partial charge in [-0.05, 0) is 40.2 Å². The zero-order valence-electron chi connectivity index (χ0n) is 11.3. The first-order valence-corrected chi connectivity index (χ1v) is 8.91. The molecule has 0 radical (unpaired) electrons. The summed E-state index contributed by atoms with van der Waals surface area (Å²) in [5, 5.41) is 0.694. The van der Waals surface area contributed by atoms with Crippen LogP contribution in [0.1, 0.15) is 5.56 Å². The van der Waals surface area contributed by atoms with Gasteiger partial charge >= 0.3 is 5.63 Å². The van der Waals surface area contributed by atoms with Gasteiger partial charge in [0.25, 0.3) is 0 Å². The zero-order valence-corrected chi connectivity index (χ0v) is 13.7. The Morgan fingerprint density at radius 3 is 2.45 bits per heavy atom. The van der Waals surface area contributed by atoms with Crippen molar-refractivity contribution in [2.24, 2.45) is 0 Å². The summed E-state index contributed by atoms with van der Waals surface area (Å²) in [5.74, 6) is -0.400. The van der Waals surface area contributed by atoms with Crippen LogP contribution in [0, 0.1) is 0 Å². The molecule has 0 amide bonds. The van der Waals surface area contributed by atoms with Crippen molar-refractivity contribution in [3.05, 3.63) is 75.1 Å². The maximum absolute atomic E-state index is 12.5. The Bertz CT molecular complexity index is 1010. The summed E-state index contributed by atoms with van der Waals surface area (Å²) in [6, 6.07) is 15.1. The van der Waals surface area contributed by atoms with Gasteiger partial charge in [-0.1, -0.05) is 30.3 Å². The number of sulfone groups is 1. The van der Waals surface area contributed by atoms with Crippen molar-refractivity contribution in [1.82, 2.24) is 0 Å². The molecule has 3 aromatic rings. The number of para-hydroxylation sites is 1. The fourth-order valence-electron chi connectivity index (χ4n) is 2.18. The Morgan fingerprint density at radius 2 is 1.68 bits per heavy atom. The number of fused-ring (bicyclic) bond motifs is 1. The summed E-state index contributed by atoms with van der Waals surface area (Å²) >= 11 is 3.22. The molecule has 22 heavy (non-hydrogen) atoms. The molecular weight excluding hydrogens is 368 g/mol. The number of rotatable bonds is 3. The second-order valence-electron chi connectivity index (χ2n) is 4.79. The lowest BCUT2D eigenvalue weighted by atomic mass is 10.2. The van der Waals surface area contributed by atoms with E-state index in [1.807, 2.05) is 0 Å². The lowest BCUT2D eigenvalue weighted by Crippen LogP contribution is -2.14. The number of benzene rings is 2. The minimum Gasteiger partial charge on any atom is -0.423 e. The maximum atomic E-state index is 12.5. The Kier molecular flexibility index (Phi) is 3.88. The largest absolute Gasteiger partial charge is 0.423 e. The van der Waals surface area contributed by atoms with E-state index < -0.39 is 21.2 Å². The van der Waals surface area contributed by atoms with Crippen LogP contribution >= 0.6 is 15.9 Å². The van der Waals surface area contributed by atoms with Crippen LogP contribution in [0.5, 0.6) is 0 Å². The van der Waals surface area contributed by atoms with E-state index >= 15 is 0 Å². The normalized spacial score (nSPS) is 11.7. The van der Waals surface area contributed by atoms with Gasteiger partial charge in [-0.3, -0.25) is 0 Å². The number of hydrogen-bond acceptors (Lipinski definition) is 4. The average molecular weight is 379 g/mol. The van der Waals surface area contributed by atoms with Gasteiger partial charge in [-0.15, -0.1) is 0 Å². The predicted molar refractivity (Wildman–Crippen MR) is 87.5 cm³/mol. The van der Waals surface area contributed by atoms with Crippen LogP contribution in [0.25, 0.3) is 11.0 Å².